The molecule has 3 aromatic rings. The first-order valence-corrected chi connectivity index (χ1v) is 7.21. The number of fused-ring (bicyclic) bond motifs is 2. The van der Waals surface area contributed by atoms with Gasteiger partial charge in [-0.1, -0.05) is 0 Å². The topological polar surface area (TPSA) is 42.7 Å². The number of rotatable bonds is 1. The van der Waals surface area contributed by atoms with Crippen molar-refractivity contribution >= 4 is 32.1 Å². The third-order valence-electron chi connectivity index (χ3n) is 2.98. The maximum atomic E-state index is 4.33. The SMILES string of the molecule is c1cc2sc(-c3nnc4n3CCNC4)cc2s1. The van der Waals surface area contributed by atoms with E-state index in [9.17, 15) is 0 Å². The van der Waals surface area contributed by atoms with E-state index in [4.69, 9.17) is 0 Å². The van der Waals surface area contributed by atoms with E-state index in [1.54, 1.807) is 22.7 Å². The van der Waals surface area contributed by atoms with Crippen molar-refractivity contribution < 1.29 is 0 Å². The van der Waals surface area contributed by atoms with Crippen molar-refractivity contribution in [2.75, 3.05) is 6.54 Å². The molecule has 4 heterocycles. The summed E-state index contributed by atoms with van der Waals surface area (Å²) in [6, 6.07) is 4.40. The molecule has 0 atom stereocenters. The summed E-state index contributed by atoms with van der Waals surface area (Å²) >= 11 is 3.58. The van der Waals surface area contributed by atoms with E-state index >= 15 is 0 Å². The molecule has 0 bridgehead atoms. The van der Waals surface area contributed by atoms with Crippen LogP contribution in [-0.4, -0.2) is 21.3 Å². The molecule has 0 radical (unpaired) electrons. The van der Waals surface area contributed by atoms with Gasteiger partial charge < -0.3 is 9.88 Å². The zero-order valence-corrected chi connectivity index (χ0v) is 10.6. The first-order valence-electron chi connectivity index (χ1n) is 5.52. The summed E-state index contributed by atoms with van der Waals surface area (Å²) in [5, 5.41) is 14.0. The molecule has 0 aliphatic carbocycles. The van der Waals surface area contributed by atoms with Crippen molar-refractivity contribution in [2.24, 2.45) is 0 Å². The van der Waals surface area contributed by atoms with Gasteiger partial charge in [0.15, 0.2) is 5.82 Å². The predicted octanol–water partition coefficient (Wildman–Crippen LogP) is 2.32. The standard InChI is InChI=1S/C11H10N4S2/c1-4-16-8-5-9(17-7(1)8)11-14-13-10-6-12-2-3-15(10)11/h1,4-5,12H,2-3,6H2. The van der Waals surface area contributed by atoms with Gasteiger partial charge in [0.2, 0.25) is 0 Å². The number of thiophene rings is 2. The normalized spacial score (nSPS) is 15.3. The number of hydrogen-bond acceptors (Lipinski definition) is 5. The van der Waals surface area contributed by atoms with Gasteiger partial charge in [-0.2, -0.15) is 0 Å². The quantitative estimate of drug-likeness (QED) is 0.732. The van der Waals surface area contributed by atoms with Crippen LogP contribution in [0.4, 0.5) is 0 Å². The van der Waals surface area contributed by atoms with Gasteiger partial charge in [-0.3, -0.25) is 0 Å². The Balaban J connectivity index is 1.88. The fraction of sp³-hybridized carbons (Fsp3) is 0.273. The molecule has 1 aliphatic heterocycles. The molecule has 3 aromatic heterocycles. The fourth-order valence-electron chi connectivity index (χ4n) is 2.15. The summed E-state index contributed by atoms with van der Waals surface area (Å²) < 4.78 is 4.92. The molecule has 0 spiro atoms. The van der Waals surface area contributed by atoms with Gasteiger partial charge in [0.25, 0.3) is 0 Å². The number of nitrogens with zero attached hydrogens (tertiary/aromatic N) is 3. The van der Waals surface area contributed by atoms with E-state index in [0.717, 1.165) is 31.3 Å². The third-order valence-corrected chi connectivity index (χ3v) is 5.07. The Hall–Kier alpha value is -1.24. The first kappa shape index (κ1) is 9.76. The summed E-state index contributed by atoms with van der Waals surface area (Å²) in [5.41, 5.74) is 0. The summed E-state index contributed by atoms with van der Waals surface area (Å²) in [5.74, 6) is 2.07. The van der Waals surface area contributed by atoms with Crippen LogP contribution in [-0.2, 0) is 13.1 Å². The maximum Gasteiger partial charge on any atom is 0.174 e. The molecule has 1 N–H and O–H groups in total. The Labute approximate surface area is 106 Å². The lowest BCUT2D eigenvalue weighted by Gasteiger charge is -2.15. The van der Waals surface area contributed by atoms with Gasteiger partial charge in [0.1, 0.15) is 5.82 Å². The Morgan fingerprint density at radius 3 is 3.24 bits per heavy atom. The molecule has 17 heavy (non-hydrogen) atoms. The largest absolute Gasteiger partial charge is 0.308 e. The second kappa shape index (κ2) is 3.63. The highest BCUT2D eigenvalue weighted by Crippen LogP contribution is 2.35. The zero-order chi connectivity index (χ0) is 11.2. The third kappa shape index (κ3) is 1.45. The van der Waals surface area contributed by atoms with Crippen LogP contribution in [0.25, 0.3) is 20.1 Å². The van der Waals surface area contributed by atoms with Crippen LogP contribution < -0.4 is 5.32 Å². The highest BCUT2D eigenvalue weighted by Gasteiger charge is 2.18. The van der Waals surface area contributed by atoms with Gasteiger partial charge in [-0.15, -0.1) is 32.9 Å². The average molecular weight is 262 g/mol. The molecule has 1 aliphatic rings. The minimum atomic E-state index is 0.826. The van der Waals surface area contributed by atoms with E-state index in [2.05, 4.69) is 37.6 Å². The molecule has 0 unspecified atom stereocenters. The van der Waals surface area contributed by atoms with Crippen LogP contribution in [0.1, 0.15) is 5.82 Å². The Morgan fingerprint density at radius 1 is 1.29 bits per heavy atom. The molecule has 4 nitrogen and oxygen atoms in total. The monoisotopic (exact) mass is 262 g/mol. The molecule has 6 heteroatoms. The lowest BCUT2D eigenvalue weighted by atomic mass is 10.3. The highest BCUT2D eigenvalue weighted by molar-refractivity contribution is 7.28. The van der Waals surface area contributed by atoms with Crippen molar-refractivity contribution in [1.82, 2.24) is 20.1 Å². The molecule has 0 saturated carbocycles. The van der Waals surface area contributed by atoms with Gasteiger partial charge in [-0.25, -0.2) is 0 Å². The van der Waals surface area contributed by atoms with Crippen molar-refractivity contribution in [3.05, 3.63) is 23.3 Å². The molecule has 0 saturated heterocycles. The number of hydrogen-bond donors (Lipinski definition) is 1. The Kier molecular flexibility index (Phi) is 2.08. The minimum absolute atomic E-state index is 0.826. The second-order valence-corrected chi connectivity index (χ2v) is 6.06. The van der Waals surface area contributed by atoms with Crippen LogP contribution in [0.3, 0.4) is 0 Å². The predicted molar refractivity (Wildman–Crippen MR) is 70.4 cm³/mol. The second-order valence-electron chi connectivity index (χ2n) is 4.03. The van der Waals surface area contributed by atoms with Gasteiger partial charge in [0.05, 0.1) is 11.4 Å². The Morgan fingerprint density at radius 2 is 2.29 bits per heavy atom. The molecular weight excluding hydrogens is 252 g/mol. The molecule has 86 valence electrons. The number of aromatic nitrogens is 3. The zero-order valence-electron chi connectivity index (χ0n) is 9.01. The summed E-state index contributed by atoms with van der Waals surface area (Å²) in [4.78, 5) is 1.23. The van der Waals surface area contributed by atoms with Crippen LogP contribution >= 0.6 is 22.7 Å². The molecule has 4 rings (SSSR count). The maximum absolute atomic E-state index is 4.33. The lowest BCUT2D eigenvalue weighted by Crippen LogP contribution is -2.28. The van der Waals surface area contributed by atoms with E-state index < -0.39 is 0 Å². The summed E-state index contributed by atoms with van der Waals surface area (Å²) in [6.07, 6.45) is 0. The molecule has 0 aromatic carbocycles. The van der Waals surface area contributed by atoms with Crippen LogP contribution in [0.2, 0.25) is 0 Å². The van der Waals surface area contributed by atoms with E-state index in [0.29, 0.717) is 0 Å². The smallest absolute Gasteiger partial charge is 0.174 e. The van der Waals surface area contributed by atoms with E-state index in [1.165, 1.54) is 14.3 Å². The van der Waals surface area contributed by atoms with Crippen molar-refractivity contribution in [1.29, 1.82) is 0 Å². The summed E-state index contributed by atoms with van der Waals surface area (Å²) in [6.45, 7) is 2.79. The highest BCUT2D eigenvalue weighted by atomic mass is 32.1. The number of nitrogens with one attached hydrogen (secondary N) is 1. The lowest BCUT2D eigenvalue weighted by molar-refractivity contribution is 0.508. The van der Waals surface area contributed by atoms with Crippen molar-refractivity contribution in [3.63, 3.8) is 0 Å². The van der Waals surface area contributed by atoms with Crippen molar-refractivity contribution in [2.45, 2.75) is 13.1 Å². The van der Waals surface area contributed by atoms with E-state index in [1.807, 2.05) is 0 Å². The first-order chi connectivity index (χ1) is 8.42. The minimum Gasteiger partial charge on any atom is -0.308 e. The fourth-order valence-corrected chi connectivity index (χ4v) is 4.25. The van der Waals surface area contributed by atoms with E-state index in [-0.39, 0.29) is 0 Å². The van der Waals surface area contributed by atoms with Crippen molar-refractivity contribution in [3.8, 4) is 10.7 Å². The van der Waals surface area contributed by atoms with Gasteiger partial charge >= 0.3 is 0 Å². The van der Waals surface area contributed by atoms with Crippen LogP contribution in [0.5, 0.6) is 0 Å². The molecule has 0 amide bonds. The summed E-state index contributed by atoms with van der Waals surface area (Å²) in [7, 11) is 0. The van der Waals surface area contributed by atoms with Crippen LogP contribution in [0.15, 0.2) is 17.5 Å². The van der Waals surface area contributed by atoms with Gasteiger partial charge in [0, 0.05) is 22.5 Å². The molecule has 0 fully saturated rings. The van der Waals surface area contributed by atoms with Crippen LogP contribution in [0, 0.1) is 0 Å². The molecular formula is C11H10N4S2. The average Bonchev–Trinajstić information content (AvgIpc) is 3.01. The Bertz CT molecular complexity index is 650. The van der Waals surface area contributed by atoms with Gasteiger partial charge in [-0.05, 0) is 17.5 Å².